The van der Waals surface area contributed by atoms with Crippen molar-refractivity contribution in [2.24, 2.45) is 5.41 Å². The molecule has 3 fully saturated rings. The predicted octanol–water partition coefficient (Wildman–Crippen LogP) is 3.06. The highest BCUT2D eigenvalue weighted by Gasteiger charge is 2.55. The number of hydrogen-bond acceptors (Lipinski definition) is 5. The van der Waals surface area contributed by atoms with Gasteiger partial charge in [0.05, 0.1) is 11.8 Å². The molecular weight excluding hydrogens is 419 g/mol. The minimum atomic E-state index is -4.59. The maximum atomic E-state index is 12.8. The van der Waals surface area contributed by atoms with Crippen molar-refractivity contribution in [3.05, 3.63) is 23.5 Å². The lowest BCUT2D eigenvalue weighted by molar-refractivity contribution is -0.141. The molecule has 1 spiro atoms. The van der Waals surface area contributed by atoms with Gasteiger partial charge in [-0.1, -0.05) is 12.8 Å². The Morgan fingerprint density at radius 1 is 1.17 bits per heavy atom. The van der Waals surface area contributed by atoms with Crippen molar-refractivity contribution in [2.75, 3.05) is 39.3 Å². The van der Waals surface area contributed by atoms with Gasteiger partial charge in [0, 0.05) is 44.7 Å². The molecule has 0 radical (unpaired) electrons. The van der Waals surface area contributed by atoms with Crippen LogP contribution < -0.4 is 0 Å². The summed E-state index contributed by atoms with van der Waals surface area (Å²) in [5.74, 6) is 0. The average Bonchev–Trinajstić information content (AvgIpc) is 3.10. The summed E-state index contributed by atoms with van der Waals surface area (Å²) in [5, 5.41) is 0. The standard InChI is InChI=1S/C20H28F3N3O3S/c1-15-17(7-8-18(24-15)20(21,22)23)30(27,28)26-13-19(14-26)11-25(12-19)9-4-10-29-16-5-2-3-6-16/h7-8,16H,2-6,9-14H2,1H3. The number of likely N-dealkylation sites (tertiary alicyclic amines) is 1. The van der Waals surface area contributed by atoms with Crippen molar-refractivity contribution in [2.45, 2.75) is 56.2 Å². The molecule has 10 heteroatoms. The third kappa shape index (κ3) is 4.37. The molecule has 0 atom stereocenters. The Bertz CT molecular complexity index is 871. The zero-order valence-electron chi connectivity index (χ0n) is 17.1. The molecule has 1 saturated carbocycles. The van der Waals surface area contributed by atoms with E-state index in [0.717, 1.165) is 44.8 Å². The number of aromatic nitrogens is 1. The number of ether oxygens (including phenoxy) is 1. The fourth-order valence-electron chi connectivity index (χ4n) is 4.84. The minimum Gasteiger partial charge on any atom is -0.378 e. The molecule has 3 heterocycles. The van der Waals surface area contributed by atoms with Gasteiger partial charge in [-0.05, 0) is 38.3 Å². The lowest BCUT2D eigenvalue weighted by Gasteiger charge is -2.59. The topological polar surface area (TPSA) is 62.7 Å². The zero-order valence-corrected chi connectivity index (χ0v) is 17.9. The SMILES string of the molecule is Cc1nc(C(F)(F)F)ccc1S(=O)(=O)N1CC2(CN(CCCOC3CCCC3)C2)C1. The summed E-state index contributed by atoms with van der Waals surface area (Å²) >= 11 is 0. The van der Waals surface area contributed by atoms with Crippen molar-refractivity contribution in [1.29, 1.82) is 0 Å². The van der Waals surface area contributed by atoms with E-state index in [1.165, 1.54) is 36.9 Å². The van der Waals surface area contributed by atoms with Crippen molar-refractivity contribution in [3.8, 4) is 0 Å². The van der Waals surface area contributed by atoms with E-state index in [0.29, 0.717) is 19.2 Å². The molecule has 2 saturated heterocycles. The van der Waals surface area contributed by atoms with Gasteiger partial charge in [-0.25, -0.2) is 13.4 Å². The van der Waals surface area contributed by atoms with Gasteiger partial charge in [0.2, 0.25) is 10.0 Å². The highest BCUT2D eigenvalue weighted by Crippen LogP contribution is 2.42. The molecule has 0 aromatic carbocycles. The van der Waals surface area contributed by atoms with E-state index in [2.05, 4.69) is 9.88 Å². The predicted molar refractivity (Wildman–Crippen MR) is 104 cm³/mol. The van der Waals surface area contributed by atoms with Gasteiger partial charge in [-0.3, -0.25) is 0 Å². The van der Waals surface area contributed by atoms with E-state index in [1.54, 1.807) is 0 Å². The van der Waals surface area contributed by atoms with E-state index >= 15 is 0 Å². The molecule has 0 N–H and O–H groups in total. The number of nitrogens with zero attached hydrogens (tertiary/aromatic N) is 3. The Hall–Kier alpha value is -1.23. The molecule has 6 nitrogen and oxygen atoms in total. The van der Waals surface area contributed by atoms with Crippen LogP contribution in [-0.2, 0) is 20.9 Å². The number of hydrogen-bond donors (Lipinski definition) is 0. The van der Waals surface area contributed by atoms with Crippen LogP contribution in [0.2, 0.25) is 0 Å². The van der Waals surface area contributed by atoms with Crippen LogP contribution in [0, 0.1) is 12.3 Å². The summed E-state index contributed by atoms with van der Waals surface area (Å²) in [5.41, 5.74) is -1.22. The first-order valence-electron chi connectivity index (χ1n) is 10.5. The summed E-state index contributed by atoms with van der Waals surface area (Å²) < 4.78 is 71.2. The van der Waals surface area contributed by atoms with Crippen LogP contribution >= 0.6 is 0 Å². The Morgan fingerprint density at radius 3 is 2.43 bits per heavy atom. The molecule has 30 heavy (non-hydrogen) atoms. The monoisotopic (exact) mass is 447 g/mol. The molecule has 1 aliphatic carbocycles. The lowest BCUT2D eigenvalue weighted by Crippen LogP contribution is -2.72. The molecule has 0 bridgehead atoms. The first-order valence-corrected chi connectivity index (χ1v) is 11.9. The van der Waals surface area contributed by atoms with Crippen LogP contribution in [0.25, 0.3) is 0 Å². The fourth-order valence-corrected chi connectivity index (χ4v) is 6.67. The van der Waals surface area contributed by atoms with Crippen LogP contribution in [0.5, 0.6) is 0 Å². The number of sulfonamides is 1. The largest absolute Gasteiger partial charge is 0.433 e. The highest BCUT2D eigenvalue weighted by molar-refractivity contribution is 7.89. The lowest BCUT2D eigenvalue weighted by atomic mass is 9.74. The molecule has 4 rings (SSSR count). The number of rotatable bonds is 7. The second-order valence-electron chi connectivity index (χ2n) is 8.89. The second-order valence-corrected chi connectivity index (χ2v) is 10.8. The number of aryl methyl sites for hydroxylation is 1. The van der Waals surface area contributed by atoms with Gasteiger partial charge in [-0.15, -0.1) is 0 Å². The summed E-state index contributed by atoms with van der Waals surface area (Å²) in [6, 6.07) is 1.75. The van der Waals surface area contributed by atoms with Crippen molar-refractivity contribution in [1.82, 2.24) is 14.2 Å². The Kier molecular flexibility index (Phi) is 5.89. The second kappa shape index (κ2) is 8.03. The molecular formula is C20H28F3N3O3S. The quantitative estimate of drug-likeness (QED) is 0.602. The summed E-state index contributed by atoms with van der Waals surface area (Å²) in [6.07, 6.45) is 1.69. The molecule has 0 unspecified atom stereocenters. The van der Waals surface area contributed by atoms with Crippen LogP contribution in [0.3, 0.4) is 0 Å². The van der Waals surface area contributed by atoms with Crippen molar-refractivity contribution >= 4 is 10.0 Å². The average molecular weight is 448 g/mol. The maximum Gasteiger partial charge on any atom is 0.433 e. The number of halogens is 3. The smallest absolute Gasteiger partial charge is 0.378 e. The van der Waals surface area contributed by atoms with E-state index in [-0.39, 0.29) is 16.0 Å². The molecule has 0 amide bonds. The van der Waals surface area contributed by atoms with Crippen molar-refractivity contribution in [3.63, 3.8) is 0 Å². The van der Waals surface area contributed by atoms with Crippen LogP contribution in [0.1, 0.15) is 43.5 Å². The summed E-state index contributed by atoms with van der Waals surface area (Å²) in [7, 11) is -3.83. The zero-order chi connectivity index (χ0) is 21.6. The third-order valence-corrected chi connectivity index (χ3v) is 8.29. The normalized spacial score (nSPS) is 22.9. The molecule has 2 aliphatic heterocycles. The Morgan fingerprint density at radius 2 is 1.83 bits per heavy atom. The molecule has 3 aliphatic rings. The van der Waals surface area contributed by atoms with Gasteiger partial charge in [0.25, 0.3) is 0 Å². The fraction of sp³-hybridized carbons (Fsp3) is 0.750. The minimum absolute atomic E-state index is 0.0212. The molecule has 168 valence electrons. The van der Waals surface area contributed by atoms with Gasteiger partial charge in [0.15, 0.2) is 0 Å². The first kappa shape index (κ1) is 22.0. The number of pyridine rings is 1. The summed E-state index contributed by atoms with van der Waals surface area (Å²) in [6.45, 7) is 5.55. The Balaban J connectivity index is 1.24. The highest BCUT2D eigenvalue weighted by atomic mass is 32.2. The van der Waals surface area contributed by atoms with E-state index in [4.69, 9.17) is 4.74 Å². The maximum absolute atomic E-state index is 12.8. The molecule has 1 aromatic rings. The van der Waals surface area contributed by atoms with Crippen LogP contribution in [0.4, 0.5) is 13.2 Å². The third-order valence-electron chi connectivity index (χ3n) is 6.36. The number of alkyl halides is 3. The van der Waals surface area contributed by atoms with E-state index in [1.807, 2.05) is 0 Å². The van der Waals surface area contributed by atoms with Gasteiger partial charge in [0.1, 0.15) is 10.6 Å². The van der Waals surface area contributed by atoms with E-state index < -0.39 is 21.9 Å². The first-order chi connectivity index (χ1) is 14.1. The summed E-state index contributed by atoms with van der Waals surface area (Å²) in [4.78, 5) is 5.62. The molecule has 1 aromatic heterocycles. The Labute approximate surface area is 175 Å². The van der Waals surface area contributed by atoms with Gasteiger partial charge in [-0.2, -0.15) is 17.5 Å². The van der Waals surface area contributed by atoms with Crippen molar-refractivity contribution < 1.29 is 26.3 Å². The van der Waals surface area contributed by atoms with Gasteiger partial charge >= 0.3 is 6.18 Å². The van der Waals surface area contributed by atoms with E-state index in [9.17, 15) is 21.6 Å². The van der Waals surface area contributed by atoms with Crippen LogP contribution in [-0.4, -0.2) is 68.0 Å². The van der Waals surface area contributed by atoms with Crippen LogP contribution in [0.15, 0.2) is 17.0 Å². The van der Waals surface area contributed by atoms with Gasteiger partial charge < -0.3 is 9.64 Å².